The van der Waals surface area contributed by atoms with Crippen LogP contribution in [0.2, 0.25) is 0 Å². The maximum Gasteiger partial charge on any atom is 0.297 e. The zero-order valence-electron chi connectivity index (χ0n) is 12.1. The summed E-state index contributed by atoms with van der Waals surface area (Å²) in [5.74, 6) is 0.772. The van der Waals surface area contributed by atoms with Crippen LogP contribution in [0.25, 0.3) is 0 Å². The molecule has 0 fully saturated rings. The Morgan fingerprint density at radius 3 is 2.48 bits per heavy atom. The molecule has 0 bridgehead atoms. The van der Waals surface area contributed by atoms with Crippen molar-refractivity contribution in [2.75, 3.05) is 25.1 Å². The van der Waals surface area contributed by atoms with Gasteiger partial charge >= 0.3 is 0 Å². The normalized spacial score (nSPS) is 11.3. The Kier molecular flexibility index (Phi) is 4.93. The zero-order chi connectivity index (χ0) is 15.3. The van der Waals surface area contributed by atoms with Crippen molar-refractivity contribution in [3.05, 3.63) is 54.2 Å². The molecular formula is C15H18N2O3S. The van der Waals surface area contributed by atoms with Crippen molar-refractivity contribution in [2.24, 2.45) is 0 Å². The predicted octanol–water partition coefficient (Wildman–Crippen LogP) is 2.23. The van der Waals surface area contributed by atoms with Gasteiger partial charge in [0.15, 0.2) is 0 Å². The number of aryl methyl sites for hydroxylation is 1. The summed E-state index contributed by atoms with van der Waals surface area (Å²) in [5, 5.41) is 0. The zero-order valence-corrected chi connectivity index (χ0v) is 12.9. The van der Waals surface area contributed by atoms with Crippen molar-refractivity contribution < 1.29 is 12.6 Å². The number of aromatic nitrogens is 1. The molecule has 1 heterocycles. The third-order valence-electron chi connectivity index (χ3n) is 3.02. The van der Waals surface area contributed by atoms with Crippen LogP contribution in [0.1, 0.15) is 5.56 Å². The molecule has 6 heteroatoms. The van der Waals surface area contributed by atoms with Gasteiger partial charge in [-0.2, -0.15) is 8.42 Å². The van der Waals surface area contributed by atoms with Gasteiger partial charge in [-0.1, -0.05) is 23.8 Å². The topological polar surface area (TPSA) is 59.5 Å². The van der Waals surface area contributed by atoms with Crippen LogP contribution in [-0.4, -0.2) is 33.6 Å². The highest BCUT2D eigenvalue weighted by Crippen LogP contribution is 2.13. The van der Waals surface area contributed by atoms with E-state index in [1.54, 1.807) is 30.5 Å². The fraction of sp³-hybridized carbons (Fsp3) is 0.267. The Balaban J connectivity index is 1.92. The molecule has 1 aromatic carbocycles. The van der Waals surface area contributed by atoms with Gasteiger partial charge in [-0.15, -0.1) is 0 Å². The second-order valence-electron chi connectivity index (χ2n) is 4.70. The number of hydrogen-bond acceptors (Lipinski definition) is 5. The fourth-order valence-electron chi connectivity index (χ4n) is 1.75. The van der Waals surface area contributed by atoms with Gasteiger partial charge in [-0.25, -0.2) is 4.98 Å². The molecule has 0 saturated heterocycles. The lowest BCUT2D eigenvalue weighted by molar-refractivity contribution is 0.325. The minimum absolute atomic E-state index is 0.0727. The average molecular weight is 306 g/mol. The quantitative estimate of drug-likeness (QED) is 0.766. The van der Waals surface area contributed by atoms with E-state index in [9.17, 15) is 8.42 Å². The molecule has 0 atom stereocenters. The lowest BCUT2D eigenvalue weighted by Crippen LogP contribution is -2.24. The summed E-state index contributed by atoms with van der Waals surface area (Å²) >= 11 is 0. The largest absolute Gasteiger partial charge is 0.357 e. The first-order valence-electron chi connectivity index (χ1n) is 6.57. The number of hydrogen-bond donors (Lipinski definition) is 0. The Labute approximate surface area is 125 Å². The molecule has 0 aliphatic rings. The van der Waals surface area contributed by atoms with Crippen LogP contribution in [0.4, 0.5) is 5.82 Å². The smallest absolute Gasteiger partial charge is 0.297 e. The number of likely N-dealkylation sites (N-methyl/N-ethyl adjacent to an activating group) is 1. The molecule has 112 valence electrons. The van der Waals surface area contributed by atoms with Crippen LogP contribution < -0.4 is 4.90 Å². The lowest BCUT2D eigenvalue weighted by atomic mass is 10.2. The third kappa shape index (κ3) is 4.27. The first-order chi connectivity index (χ1) is 9.99. The number of anilines is 1. The fourth-order valence-corrected chi connectivity index (χ4v) is 2.65. The molecule has 2 rings (SSSR count). The number of benzene rings is 1. The molecule has 0 N–H and O–H groups in total. The Hall–Kier alpha value is -1.92. The predicted molar refractivity (Wildman–Crippen MR) is 81.8 cm³/mol. The number of nitrogens with zero attached hydrogens (tertiary/aromatic N) is 2. The van der Waals surface area contributed by atoms with Gasteiger partial charge in [0.1, 0.15) is 5.82 Å². The van der Waals surface area contributed by atoms with Crippen molar-refractivity contribution in [1.29, 1.82) is 0 Å². The second-order valence-corrected chi connectivity index (χ2v) is 6.31. The highest BCUT2D eigenvalue weighted by molar-refractivity contribution is 7.86. The van der Waals surface area contributed by atoms with Gasteiger partial charge < -0.3 is 4.90 Å². The van der Waals surface area contributed by atoms with Crippen LogP contribution in [-0.2, 0) is 14.3 Å². The molecule has 5 nitrogen and oxygen atoms in total. The van der Waals surface area contributed by atoms with Crippen LogP contribution in [0, 0.1) is 6.92 Å². The summed E-state index contributed by atoms with van der Waals surface area (Å²) in [6.07, 6.45) is 1.69. The van der Waals surface area contributed by atoms with Crippen LogP contribution >= 0.6 is 0 Å². The minimum Gasteiger partial charge on any atom is -0.357 e. The number of pyridine rings is 1. The molecule has 0 unspecified atom stereocenters. The van der Waals surface area contributed by atoms with Crippen molar-refractivity contribution in [2.45, 2.75) is 11.8 Å². The first kappa shape index (κ1) is 15.5. The Morgan fingerprint density at radius 1 is 1.14 bits per heavy atom. The van der Waals surface area contributed by atoms with E-state index in [0.29, 0.717) is 6.54 Å². The second kappa shape index (κ2) is 6.69. The summed E-state index contributed by atoms with van der Waals surface area (Å²) < 4.78 is 29.1. The summed E-state index contributed by atoms with van der Waals surface area (Å²) in [4.78, 5) is 6.20. The van der Waals surface area contributed by atoms with E-state index in [0.717, 1.165) is 11.4 Å². The molecule has 2 aromatic rings. The van der Waals surface area contributed by atoms with Gasteiger partial charge in [-0.3, -0.25) is 4.18 Å². The van der Waals surface area contributed by atoms with E-state index in [2.05, 4.69) is 4.98 Å². The molecule has 0 aliphatic carbocycles. The van der Waals surface area contributed by atoms with Crippen molar-refractivity contribution in [3.8, 4) is 0 Å². The molecule has 21 heavy (non-hydrogen) atoms. The highest BCUT2D eigenvalue weighted by Gasteiger charge is 2.15. The first-order valence-corrected chi connectivity index (χ1v) is 7.98. The van der Waals surface area contributed by atoms with E-state index in [4.69, 9.17) is 4.18 Å². The SMILES string of the molecule is Cc1ccc(S(=O)(=O)OCCN(C)c2ccccn2)cc1. The van der Waals surface area contributed by atoms with Crippen molar-refractivity contribution >= 4 is 15.9 Å². The summed E-state index contributed by atoms with van der Waals surface area (Å²) in [5.41, 5.74) is 1.00. The van der Waals surface area contributed by atoms with E-state index in [-0.39, 0.29) is 11.5 Å². The number of rotatable bonds is 6. The Bertz CT molecular complexity index is 670. The van der Waals surface area contributed by atoms with E-state index in [1.807, 2.05) is 37.1 Å². The molecule has 0 spiro atoms. The maximum atomic E-state index is 12.0. The highest BCUT2D eigenvalue weighted by atomic mass is 32.2. The molecular weight excluding hydrogens is 288 g/mol. The lowest BCUT2D eigenvalue weighted by Gasteiger charge is -2.17. The van der Waals surface area contributed by atoms with Crippen LogP contribution in [0.15, 0.2) is 53.6 Å². The minimum atomic E-state index is -3.70. The summed E-state index contributed by atoms with van der Waals surface area (Å²) in [7, 11) is -1.86. The van der Waals surface area contributed by atoms with Crippen molar-refractivity contribution in [3.63, 3.8) is 0 Å². The van der Waals surface area contributed by atoms with Gasteiger partial charge in [0.25, 0.3) is 10.1 Å². The van der Waals surface area contributed by atoms with Crippen molar-refractivity contribution in [1.82, 2.24) is 4.98 Å². The standard InChI is InChI=1S/C15H18N2O3S/c1-13-6-8-14(9-7-13)21(18,19)20-12-11-17(2)15-5-3-4-10-16-15/h3-10H,11-12H2,1-2H3. The van der Waals surface area contributed by atoms with E-state index < -0.39 is 10.1 Å². The van der Waals surface area contributed by atoms with Gasteiger partial charge in [0.05, 0.1) is 11.5 Å². The van der Waals surface area contributed by atoms with E-state index >= 15 is 0 Å². The van der Waals surface area contributed by atoms with E-state index in [1.165, 1.54) is 0 Å². The average Bonchev–Trinajstić information content (AvgIpc) is 2.48. The van der Waals surface area contributed by atoms with Crippen LogP contribution in [0.5, 0.6) is 0 Å². The molecule has 0 aliphatic heterocycles. The molecule has 0 saturated carbocycles. The third-order valence-corrected chi connectivity index (χ3v) is 4.34. The van der Waals surface area contributed by atoms with Gasteiger partial charge in [-0.05, 0) is 31.2 Å². The maximum absolute atomic E-state index is 12.0. The summed E-state index contributed by atoms with van der Waals surface area (Å²) in [6, 6.07) is 12.2. The monoisotopic (exact) mass is 306 g/mol. The van der Waals surface area contributed by atoms with Crippen LogP contribution in [0.3, 0.4) is 0 Å². The molecule has 0 radical (unpaired) electrons. The van der Waals surface area contributed by atoms with Gasteiger partial charge in [0, 0.05) is 19.8 Å². The molecule has 0 amide bonds. The molecule has 1 aromatic heterocycles. The van der Waals surface area contributed by atoms with Gasteiger partial charge in [0.2, 0.25) is 0 Å². The Morgan fingerprint density at radius 2 is 1.86 bits per heavy atom. The summed E-state index contributed by atoms with van der Waals surface area (Å²) in [6.45, 7) is 2.41.